The lowest BCUT2D eigenvalue weighted by molar-refractivity contribution is 0.174. The fourth-order valence-electron chi connectivity index (χ4n) is 1.65. The Kier molecular flexibility index (Phi) is 4.29. The van der Waals surface area contributed by atoms with Crippen LogP contribution in [0.15, 0.2) is 28.2 Å². The van der Waals surface area contributed by atoms with Crippen molar-refractivity contribution in [2.45, 2.75) is 6.42 Å². The van der Waals surface area contributed by atoms with Crippen molar-refractivity contribution in [3.05, 3.63) is 23.8 Å². The van der Waals surface area contributed by atoms with Gasteiger partial charge in [-0.3, -0.25) is 4.99 Å². The lowest BCUT2D eigenvalue weighted by atomic mass is 10.1. The lowest BCUT2D eigenvalue weighted by Crippen LogP contribution is -2.32. The molecule has 7 nitrogen and oxygen atoms in total. The van der Waals surface area contributed by atoms with Crippen LogP contribution < -0.4 is 20.9 Å². The Morgan fingerprint density at radius 1 is 1.25 bits per heavy atom. The third-order valence-corrected chi connectivity index (χ3v) is 2.80. The fraction of sp³-hybridized carbons (Fsp3) is 0.385. The fourth-order valence-corrected chi connectivity index (χ4v) is 1.65. The highest BCUT2D eigenvalue weighted by atomic mass is 16.7. The second kappa shape index (κ2) is 6.14. The van der Waals surface area contributed by atoms with Gasteiger partial charge < -0.3 is 25.8 Å². The van der Waals surface area contributed by atoms with Crippen LogP contribution in [0.4, 0.5) is 0 Å². The van der Waals surface area contributed by atoms with Gasteiger partial charge in [0.2, 0.25) is 12.8 Å². The number of hydrogen-bond acceptors (Lipinski definition) is 3. The number of nitrogens with two attached hydrogens (primary N) is 2. The van der Waals surface area contributed by atoms with Crippen molar-refractivity contribution in [2.75, 3.05) is 27.4 Å². The highest BCUT2D eigenvalue weighted by Crippen LogP contribution is 2.32. The Hall–Kier alpha value is -2.44. The summed E-state index contributed by atoms with van der Waals surface area (Å²) in [5.41, 5.74) is 12.4. The average molecular weight is 277 g/mol. The van der Waals surface area contributed by atoms with E-state index in [9.17, 15) is 0 Å². The largest absolute Gasteiger partial charge is 0.454 e. The van der Waals surface area contributed by atoms with Crippen LogP contribution >= 0.6 is 0 Å². The number of ether oxygens (including phenoxy) is 2. The molecule has 1 aliphatic rings. The average Bonchev–Trinajstić information content (AvgIpc) is 2.85. The molecular weight excluding hydrogens is 258 g/mol. The van der Waals surface area contributed by atoms with E-state index in [0.29, 0.717) is 12.5 Å². The number of rotatable bonds is 3. The zero-order valence-corrected chi connectivity index (χ0v) is 11.7. The van der Waals surface area contributed by atoms with Crippen LogP contribution in [0.1, 0.15) is 5.56 Å². The maximum atomic E-state index is 5.68. The molecule has 1 heterocycles. The molecule has 0 fully saturated rings. The van der Waals surface area contributed by atoms with Crippen LogP contribution in [0.3, 0.4) is 0 Å². The van der Waals surface area contributed by atoms with Crippen LogP contribution in [-0.2, 0) is 6.42 Å². The minimum Gasteiger partial charge on any atom is -0.454 e. The van der Waals surface area contributed by atoms with Crippen LogP contribution in [0.25, 0.3) is 0 Å². The first kappa shape index (κ1) is 14.0. The summed E-state index contributed by atoms with van der Waals surface area (Å²) in [4.78, 5) is 9.80. The third kappa shape index (κ3) is 3.53. The number of nitrogens with zero attached hydrogens (tertiary/aromatic N) is 3. The molecule has 1 aromatic rings. The van der Waals surface area contributed by atoms with Gasteiger partial charge >= 0.3 is 0 Å². The SMILES string of the molecule is CN(C)/C(N)=N/C(N)=NCCc1ccc2c(c1)OCO2. The summed E-state index contributed by atoms with van der Waals surface area (Å²) in [5.74, 6) is 2.06. The normalized spacial score (nSPS) is 14.5. The molecule has 4 N–H and O–H groups in total. The number of benzene rings is 1. The van der Waals surface area contributed by atoms with Gasteiger partial charge in [-0.2, -0.15) is 4.99 Å². The molecular formula is C13H19N5O2. The molecule has 0 atom stereocenters. The van der Waals surface area contributed by atoms with Gasteiger partial charge in [-0.25, -0.2) is 0 Å². The van der Waals surface area contributed by atoms with Gasteiger partial charge in [0.1, 0.15) is 0 Å². The van der Waals surface area contributed by atoms with Crippen molar-refractivity contribution in [2.24, 2.45) is 21.5 Å². The number of aliphatic imine (C=N–C) groups is 2. The molecule has 2 rings (SSSR count). The smallest absolute Gasteiger partial charge is 0.231 e. The molecule has 20 heavy (non-hydrogen) atoms. The first-order chi connectivity index (χ1) is 9.56. The van der Waals surface area contributed by atoms with Gasteiger partial charge in [0.25, 0.3) is 0 Å². The summed E-state index contributed by atoms with van der Waals surface area (Å²) in [7, 11) is 3.58. The topological polar surface area (TPSA) is 98.5 Å². The summed E-state index contributed by atoms with van der Waals surface area (Å²) in [6, 6.07) is 5.83. The first-order valence-corrected chi connectivity index (χ1v) is 6.26. The predicted molar refractivity (Wildman–Crippen MR) is 78.1 cm³/mol. The monoisotopic (exact) mass is 277 g/mol. The summed E-state index contributed by atoms with van der Waals surface area (Å²) in [6.45, 7) is 0.818. The van der Waals surface area contributed by atoms with Crippen LogP contribution in [0.2, 0.25) is 0 Å². The Balaban J connectivity index is 1.91. The minimum absolute atomic E-state index is 0.178. The maximum Gasteiger partial charge on any atom is 0.231 e. The van der Waals surface area contributed by atoms with Gasteiger partial charge in [0.15, 0.2) is 17.5 Å². The molecule has 0 unspecified atom stereocenters. The second-order valence-corrected chi connectivity index (χ2v) is 4.54. The summed E-state index contributed by atoms with van der Waals surface area (Å²) in [6.07, 6.45) is 0.745. The van der Waals surface area contributed by atoms with Gasteiger partial charge in [0, 0.05) is 20.6 Å². The lowest BCUT2D eigenvalue weighted by Gasteiger charge is -2.09. The summed E-state index contributed by atoms with van der Waals surface area (Å²) < 4.78 is 10.6. The Bertz CT molecular complexity index is 540. The van der Waals surface area contributed by atoms with Crippen LogP contribution in [0, 0.1) is 0 Å². The zero-order valence-electron chi connectivity index (χ0n) is 11.7. The first-order valence-electron chi connectivity index (χ1n) is 6.26. The molecule has 7 heteroatoms. The highest BCUT2D eigenvalue weighted by Gasteiger charge is 2.12. The molecule has 0 amide bonds. The van der Waals surface area contributed by atoms with E-state index < -0.39 is 0 Å². The van der Waals surface area contributed by atoms with Crippen molar-refractivity contribution in [1.82, 2.24) is 4.90 Å². The molecule has 0 spiro atoms. The molecule has 1 aromatic carbocycles. The quantitative estimate of drug-likeness (QED) is 0.605. The molecule has 0 saturated heterocycles. The molecule has 1 aliphatic heterocycles. The highest BCUT2D eigenvalue weighted by molar-refractivity contribution is 5.93. The van der Waals surface area contributed by atoms with E-state index in [1.807, 2.05) is 18.2 Å². The van der Waals surface area contributed by atoms with Crippen LogP contribution in [-0.4, -0.2) is 44.3 Å². The third-order valence-electron chi connectivity index (χ3n) is 2.80. The Labute approximate surface area is 117 Å². The molecule has 0 bridgehead atoms. The summed E-state index contributed by atoms with van der Waals surface area (Å²) in [5, 5.41) is 0. The second-order valence-electron chi connectivity index (χ2n) is 4.54. The van der Waals surface area contributed by atoms with E-state index in [-0.39, 0.29) is 12.8 Å². The summed E-state index contributed by atoms with van der Waals surface area (Å²) >= 11 is 0. The van der Waals surface area contributed by atoms with Crippen molar-refractivity contribution >= 4 is 11.9 Å². The number of hydrogen-bond donors (Lipinski definition) is 2. The molecule has 108 valence electrons. The van der Waals surface area contributed by atoms with Crippen LogP contribution in [0.5, 0.6) is 11.5 Å². The zero-order chi connectivity index (χ0) is 14.5. The molecule has 0 aliphatic carbocycles. The van der Waals surface area contributed by atoms with Crippen molar-refractivity contribution in [3.63, 3.8) is 0 Å². The molecule has 0 radical (unpaired) electrons. The van der Waals surface area contributed by atoms with E-state index >= 15 is 0 Å². The minimum atomic E-state index is 0.178. The van der Waals surface area contributed by atoms with E-state index in [0.717, 1.165) is 23.5 Å². The van der Waals surface area contributed by atoms with E-state index in [1.54, 1.807) is 19.0 Å². The Morgan fingerprint density at radius 2 is 2.00 bits per heavy atom. The van der Waals surface area contributed by atoms with Crippen molar-refractivity contribution in [3.8, 4) is 11.5 Å². The molecule has 0 aromatic heterocycles. The number of fused-ring (bicyclic) bond motifs is 1. The van der Waals surface area contributed by atoms with E-state index in [4.69, 9.17) is 20.9 Å². The van der Waals surface area contributed by atoms with E-state index in [2.05, 4.69) is 9.98 Å². The van der Waals surface area contributed by atoms with Crippen molar-refractivity contribution in [1.29, 1.82) is 0 Å². The van der Waals surface area contributed by atoms with Crippen molar-refractivity contribution < 1.29 is 9.47 Å². The maximum absolute atomic E-state index is 5.68. The number of guanidine groups is 2. The van der Waals surface area contributed by atoms with Gasteiger partial charge in [0.05, 0.1) is 0 Å². The predicted octanol–water partition coefficient (Wildman–Crippen LogP) is 0.149. The molecule has 0 saturated carbocycles. The standard InChI is InChI=1S/C13H19N5O2/c1-18(2)13(15)17-12(14)16-6-5-9-3-4-10-11(7-9)20-8-19-10/h3-4,7H,5-6,8H2,1-2H3,(H4,14,15,16,17). The van der Waals surface area contributed by atoms with E-state index in [1.165, 1.54) is 0 Å². The van der Waals surface area contributed by atoms with Gasteiger partial charge in [-0.1, -0.05) is 6.07 Å². The van der Waals surface area contributed by atoms with Gasteiger partial charge in [-0.05, 0) is 24.1 Å². The van der Waals surface area contributed by atoms with Gasteiger partial charge in [-0.15, -0.1) is 0 Å². The Morgan fingerprint density at radius 3 is 2.75 bits per heavy atom.